The lowest BCUT2D eigenvalue weighted by atomic mass is 10.1. The predicted octanol–water partition coefficient (Wildman–Crippen LogP) is 3.61. The molecule has 0 aliphatic carbocycles. The van der Waals surface area contributed by atoms with Crippen LogP contribution < -0.4 is 5.32 Å². The maximum atomic E-state index is 13.4. The van der Waals surface area contributed by atoms with Gasteiger partial charge < -0.3 is 15.0 Å². The van der Waals surface area contributed by atoms with Crippen molar-refractivity contribution in [1.29, 1.82) is 0 Å². The van der Waals surface area contributed by atoms with Crippen molar-refractivity contribution in [2.45, 2.75) is 32.6 Å². The van der Waals surface area contributed by atoms with Crippen LogP contribution in [-0.2, 0) is 11.3 Å². The summed E-state index contributed by atoms with van der Waals surface area (Å²) in [4.78, 5) is 26.8. The predicted molar refractivity (Wildman–Crippen MR) is 113 cm³/mol. The number of amides is 2. The fraction of sp³-hybridized carbons (Fsp3) is 0.333. The molecule has 7 heteroatoms. The maximum absolute atomic E-state index is 13.4. The van der Waals surface area contributed by atoms with Crippen molar-refractivity contribution in [1.82, 2.24) is 10.2 Å². The number of carbonyl (C=O) groups is 2. The molecular formula is C21H22FIN2O3. The van der Waals surface area contributed by atoms with Crippen molar-refractivity contribution in [3.8, 4) is 0 Å². The number of nitrogens with one attached hydrogen (secondary N) is 1. The molecule has 148 valence electrons. The molecule has 1 saturated heterocycles. The zero-order chi connectivity index (χ0) is 20.3. The molecule has 1 aliphatic rings. The first-order chi connectivity index (χ1) is 13.3. The van der Waals surface area contributed by atoms with E-state index >= 15 is 0 Å². The Hall–Kier alpha value is -2.00. The molecule has 1 aliphatic heterocycles. The molecule has 28 heavy (non-hydrogen) atoms. The van der Waals surface area contributed by atoms with Crippen LogP contribution in [0, 0.1) is 9.39 Å². The standard InChI is InChI=1S/C21H22FIN2O3/c1-13-11-25(12-14(2)28-13)21(27)16-5-3-15(4-6-16)10-24-20(26)18-9-17(22)7-8-19(18)23/h3-9,13-14H,10-12H2,1-2H3,(H,24,26). The van der Waals surface area contributed by atoms with E-state index in [4.69, 9.17) is 4.74 Å². The summed E-state index contributed by atoms with van der Waals surface area (Å²) in [6, 6.07) is 11.3. The lowest BCUT2D eigenvalue weighted by Gasteiger charge is -2.35. The number of rotatable bonds is 4. The van der Waals surface area contributed by atoms with Gasteiger partial charge in [0.05, 0.1) is 17.8 Å². The summed E-state index contributed by atoms with van der Waals surface area (Å²) in [5, 5.41) is 2.78. The number of morpholine rings is 1. The van der Waals surface area contributed by atoms with Gasteiger partial charge in [-0.15, -0.1) is 0 Å². The fourth-order valence-corrected chi connectivity index (χ4v) is 3.82. The number of ether oxygens (including phenoxy) is 1. The molecule has 2 atom stereocenters. The third-order valence-electron chi connectivity index (χ3n) is 4.53. The smallest absolute Gasteiger partial charge is 0.254 e. The molecule has 2 aromatic rings. The number of halogens is 2. The minimum absolute atomic E-state index is 0.0211. The van der Waals surface area contributed by atoms with Gasteiger partial charge in [-0.2, -0.15) is 0 Å². The summed E-state index contributed by atoms with van der Waals surface area (Å²) >= 11 is 2.00. The quantitative estimate of drug-likeness (QED) is 0.659. The van der Waals surface area contributed by atoms with Crippen LogP contribution >= 0.6 is 22.6 Å². The second-order valence-electron chi connectivity index (χ2n) is 6.97. The van der Waals surface area contributed by atoms with Gasteiger partial charge in [-0.05, 0) is 72.3 Å². The van der Waals surface area contributed by atoms with Gasteiger partial charge in [-0.3, -0.25) is 9.59 Å². The molecule has 0 aromatic heterocycles. The van der Waals surface area contributed by atoms with Crippen LogP contribution in [0.3, 0.4) is 0 Å². The van der Waals surface area contributed by atoms with Gasteiger partial charge in [0, 0.05) is 28.8 Å². The van der Waals surface area contributed by atoms with Crippen molar-refractivity contribution in [2.75, 3.05) is 13.1 Å². The second kappa shape index (κ2) is 9.00. The van der Waals surface area contributed by atoms with Gasteiger partial charge in [0.15, 0.2) is 0 Å². The Labute approximate surface area is 177 Å². The molecule has 1 N–H and O–H groups in total. The Morgan fingerprint density at radius 3 is 2.43 bits per heavy atom. The molecule has 1 heterocycles. The van der Waals surface area contributed by atoms with E-state index < -0.39 is 5.82 Å². The molecule has 2 unspecified atom stereocenters. The zero-order valence-electron chi connectivity index (χ0n) is 15.7. The highest BCUT2D eigenvalue weighted by Crippen LogP contribution is 2.16. The first-order valence-electron chi connectivity index (χ1n) is 9.10. The Balaban J connectivity index is 1.60. The molecule has 1 fully saturated rings. The molecule has 0 spiro atoms. The van der Waals surface area contributed by atoms with Crippen LogP contribution in [0.2, 0.25) is 0 Å². The van der Waals surface area contributed by atoms with Crippen LogP contribution in [0.15, 0.2) is 42.5 Å². The second-order valence-corrected chi connectivity index (χ2v) is 8.13. The van der Waals surface area contributed by atoms with E-state index in [1.807, 2.05) is 53.5 Å². The molecule has 0 radical (unpaired) electrons. The van der Waals surface area contributed by atoms with E-state index in [1.54, 1.807) is 18.2 Å². The average molecular weight is 496 g/mol. The lowest BCUT2D eigenvalue weighted by molar-refractivity contribution is -0.0586. The molecule has 5 nitrogen and oxygen atoms in total. The monoisotopic (exact) mass is 496 g/mol. The number of benzene rings is 2. The van der Waals surface area contributed by atoms with Crippen LogP contribution in [0.1, 0.15) is 40.1 Å². The number of carbonyl (C=O) groups excluding carboxylic acids is 2. The average Bonchev–Trinajstić information content (AvgIpc) is 2.67. The Bertz CT molecular complexity index is 862. The van der Waals surface area contributed by atoms with Crippen molar-refractivity contribution in [3.63, 3.8) is 0 Å². The first-order valence-corrected chi connectivity index (χ1v) is 10.2. The van der Waals surface area contributed by atoms with E-state index in [0.717, 1.165) is 5.56 Å². The lowest BCUT2D eigenvalue weighted by Crippen LogP contribution is -2.48. The van der Waals surface area contributed by atoms with Crippen LogP contribution in [-0.4, -0.2) is 42.0 Å². The van der Waals surface area contributed by atoms with E-state index in [9.17, 15) is 14.0 Å². The molecule has 2 amide bonds. The molecule has 0 bridgehead atoms. The highest BCUT2D eigenvalue weighted by molar-refractivity contribution is 14.1. The summed E-state index contributed by atoms with van der Waals surface area (Å²) in [5.41, 5.74) is 1.78. The van der Waals surface area contributed by atoms with E-state index in [-0.39, 0.29) is 24.0 Å². The van der Waals surface area contributed by atoms with Crippen LogP contribution in [0.4, 0.5) is 4.39 Å². The molecule has 3 rings (SSSR count). The maximum Gasteiger partial charge on any atom is 0.254 e. The number of hydrogen-bond donors (Lipinski definition) is 1. The number of hydrogen-bond acceptors (Lipinski definition) is 3. The van der Waals surface area contributed by atoms with Gasteiger partial charge in [0.25, 0.3) is 11.8 Å². The van der Waals surface area contributed by atoms with Gasteiger partial charge in [-0.25, -0.2) is 4.39 Å². The summed E-state index contributed by atoms with van der Waals surface area (Å²) in [6.45, 7) is 5.37. The minimum Gasteiger partial charge on any atom is -0.372 e. The topological polar surface area (TPSA) is 58.6 Å². The number of nitrogens with zero attached hydrogens (tertiary/aromatic N) is 1. The third-order valence-corrected chi connectivity index (χ3v) is 5.47. The first kappa shape index (κ1) is 20.7. The summed E-state index contributed by atoms with van der Waals surface area (Å²) < 4.78 is 19.7. The Morgan fingerprint density at radius 2 is 1.79 bits per heavy atom. The SMILES string of the molecule is CC1CN(C(=O)c2ccc(CNC(=O)c3cc(F)ccc3I)cc2)CC(C)O1. The normalized spacial score (nSPS) is 19.4. The zero-order valence-corrected chi connectivity index (χ0v) is 17.9. The highest BCUT2D eigenvalue weighted by atomic mass is 127. The van der Waals surface area contributed by atoms with Crippen molar-refractivity contribution < 1.29 is 18.7 Å². The third kappa shape index (κ3) is 5.08. The van der Waals surface area contributed by atoms with Crippen molar-refractivity contribution in [2.24, 2.45) is 0 Å². The minimum atomic E-state index is -0.444. The van der Waals surface area contributed by atoms with E-state index in [2.05, 4.69) is 5.32 Å². The van der Waals surface area contributed by atoms with Gasteiger partial charge in [-0.1, -0.05) is 12.1 Å². The molecule has 2 aromatic carbocycles. The van der Waals surface area contributed by atoms with Crippen LogP contribution in [0.5, 0.6) is 0 Å². The fourth-order valence-electron chi connectivity index (χ4n) is 3.24. The van der Waals surface area contributed by atoms with Gasteiger partial charge in [0.1, 0.15) is 5.82 Å². The summed E-state index contributed by atoms with van der Waals surface area (Å²) in [6.07, 6.45) is 0.0422. The molecule has 0 saturated carbocycles. The van der Waals surface area contributed by atoms with Crippen molar-refractivity contribution >= 4 is 34.4 Å². The summed E-state index contributed by atoms with van der Waals surface area (Å²) in [7, 11) is 0. The Morgan fingerprint density at radius 1 is 1.14 bits per heavy atom. The highest BCUT2D eigenvalue weighted by Gasteiger charge is 2.26. The Kier molecular flexibility index (Phi) is 6.66. The van der Waals surface area contributed by atoms with Gasteiger partial charge >= 0.3 is 0 Å². The van der Waals surface area contributed by atoms with Gasteiger partial charge in [0.2, 0.25) is 0 Å². The largest absolute Gasteiger partial charge is 0.372 e. The molecular weight excluding hydrogens is 474 g/mol. The van der Waals surface area contributed by atoms with Crippen LogP contribution in [0.25, 0.3) is 0 Å². The summed E-state index contributed by atoms with van der Waals surface area (Å²) in [5.74, 6) is -0.799. The van der Waals surface area contributed by atoms with Crippen molar-refractivity contribution in [3.05, 3.63) is 68.5 Å². The van der Waals surface area contributed by atoms with E-state index in [0.29, 0.717) is 34.3 Å². The van der Waals surface area contributed by atoms with E-state index in [1.165, 1.54) is 12.1 Å².